The van der Waals surface area contributed by atoms with Gasteiger partial charge < -0.3 is 5.73 Å². The average molecular weight is 302 g/mol. The first-order chi connectivity index (χ1) is 9.78. The number of nitrogens with two attached hydrogens (primary N) is 1. The lowest BCUT2D eigenvalue weighted by Crippen LogP contribution is -2.14. The maximum absolute atomic E-state index is 5.97. The van der Waals surface area contributed by atoms with Crippen LogP contribution in [0.3, 0.4) is 0 Å². The fourth-order valence-electron chi connectivity index (χ4n) is 2.53. The number of benzene rings is 2. The second-order valence-electron chi connectivity index (χ2n) is 4.95. The molecule has 0 spiro atoms. The van der Waals surface area contributed by atoms with E-state index >= 15 is 0 Å². The van der Waals surface area contributed by atoms with Crippen molar-refractivity contribution in [3.05, 3.63) is 70.1 Å². The van der Waals surface area contributed by atoms with Crippen LogP contribution in [0.4, 0.5) is 0 Å². The van der Waals surface area contributed by atoms with E-state index in [-0.39, 0.29) is 0 Å². The van der Waals surface area contributed by atoms with Crippen molar-refractivity contribution in [2.24, 2.45) is 5.73 Å². The third-order valence-corrected chi connectivity index (χ3v) is 4.92. The second kappa shape index (κ2) is 5.96. The Morgan fingerprint density at radius 1 is 1.05 bits per heavy atom. The van der Waals surface area contributed by atoms with E-state index in [1.165, 1.54) is 21.2 Å². The smallest absolute Gasteiger partial charge is 0.0406 e. The molecule has 0 aliphatic heterocycles. The van der Waals surface area contributed by atoms with Gasteiger partial charge in [0.2, 0.25) is 0 Å². The molecule has 3 aromatic rings. The molecule has 0 aliphatic carbocycles. The van der Waals surface area contributed by atoms with Gasteiger partial charge in [-0.3, -0.25) is 0 Å². The Kier molecular flexibility index (Phi) is 4.06. The molecule has 2 N–H and O–H groups in total. The minimum atomic E-state index is 0.338. The predicted molar refractivity (Wildman–Crippen MR) is 88.8 cm³/mol. The molecule has 0 amide bonds. The lowest BCUT2D eigenvalue weighted by molar-refractivity contribution is 0.698. The van der Waals surface area contributed by atoms with E-state index in [0.717, 1.165) is 11.4 Å². The molecule has 0 bridgehead atoms. The van der Waals surface area contributed by atoms with Gasteiger partial charge in [-0.1, -0.05) is 41.9 Å². The van der Waals surface area contributed by atoms with Crippen molar-refractivity contribution in [3.8, 4) is 0 Å². The summed E-state index contributed by atoms with van der Waals surface area (Å²) in [4.78, 5) is 0. The van der Waals surface area contributed by atoms with Crippen molar-refractivity contribution in [2.45, 2.75) is 12.3 Å². The van der Waals surface area contributed by atoms with Gasteiger partial charge in [0.05, 0.1) is 0 Å². The second-order valence-corrected chi connectivity index (χ2v) is 6.29. The molecule has 1 atom stereocenters. The van der Waals surface area contributed by atoms with Crippen molar-refractivity contribution < 1.29 is 0 Å². The summed E-state index contributed by atoms with van der Waals surface area (Å²) in [7, 11) is 0. The summed E-state index contributed by atoms with van der Waals surface area (Å²) in [5, 5.41) is 4.37. The van der Waals surface area contributed by atoms with Crippen LogP contribution < -0.4 is 5.73 Å². The Morgan fingerprint density at radius 3 is 2.55 bits per heavy atom. The molecule has 0 aliphatic rings. The molecule has 0 saturated heterocycles. The molecule has 0 saturated carbocycles. The van der Waals surface area contributed by atoms with Gasteiger partial charge in [0.25, 0.3) is 0 Å². The zero-order valence-corrected chi connectivity index (χ0v) is 12.6. The van der Waals surface area contributed by atoms with Gasteiger partial charge in [-0.05, 0) is 53.1 Å². The largest absolute Gasteiger partial charge is 0.330 e. The first kappa shape index (κ1) is 13.6. The van der Waals surface area contributed by atoms with Crippen LogP contribution in [0.25, 0.3) is 10.1 Å². The van der Waals surface area contributed by atoms with Crippen molar-refractivity contribution in [1.29, 1.82) is 0 Å². The fourth-order valence-corrected chi connectivity index (χ4v) is 3.63. The highest BCUT2D eigenvalue weighted by Gasteiger charge is 2.13. The van der Waals surface area contributed by atoms with Crippen LogP contribution in [-0.4, -0.2) is 6.54 Å². The van der Waals surface area contributed by atoms with E-state index in [9.17, 15) is 0 Å². The van der Waals surface area contributed by atoms with E-state index < -0.39 is 0 Å². The fraction of sp³-hybridized carbons (Fsp3) is 0.176. The van der Waals surface area contributed by atoms with Crippen molar-refractivity contribution in [3.63, 3.8) is 0 Å². The van der Waals surface area contributed by atoms with Gasteiger partial charge in [-0.15, -0.1) is 11.3 Å². The highest BCUT2D eigenvalue weighted by Crippen LogP contribution is 2.30. The number of hydrogen-bond donors (Lipinski definition) is 1. The van der Waals surface area contributed by atoms with E-state index in [2.05, 4.69) is 41.8 Å². The van der Waals surface area contributed by atoms with E-state index in [0.29, 0.717) is 12.5 Å². The summed E-state index contributed by atoms with van der Waals surface area (Å²) in [5.74, 6) is 0.338. The van der Waals surface area contributed by atoms with E-state index in [1.54, 1.807) is 11.3 Å². The summed E-state index contributed by atoms with van der Waals surface area (Å²) < 4.78 is 1.34. The van der Waals surface area contributed by atoms with Crippen LogP contribution in [0.1, 0.15) is 17.0 Å². The average Bonchev–Trinajstić information content (AvgIpc) is 2.89. The molecule has 3 heteroatoms. The number of thiophene rings is 1. The molecule has 102 valence electrons. The maximum Gasteiger partial charge on any atom is 0.0406 e. The molecule has 20 heavy (non-hydrogen) atoms. The van der Waals surface area contributed by atoms with Gasteiger partial charge in [-0.2, -0.15) is 0 Å². The summed E-state index contributed by atoms with van der Waals surface area (Å²) >= 11 is 7.75. The Balaban J connectivity index is 1.89. The molecular formula is C17H16ClNS. The molecule has 3 rings (SSSR count). The summed E-state index contributed by atoms with van der Waals surface area (Å²) in [6, 6.07) is 16.6. The highest BCUT2D eigenvalue weighted by molar-refractivity contribution is 7.17. The molecule has 0 radical (unpaired) electrons. The summed E-state index contributed by atoms with van der Waals surface area (Å²) in [6.45, 7) is 0.645. The first-order valence-electron chi connectivity index (χ1n) is 6.68. The highest BCUT2D eigenvalue weighted by atomic mass is 35.5. The lowest BCUT2D eigenvalue weighted by atomic mass is 9.92. The summed E-state index contributed by atoms with van der Waals surface area (Å²) in [6.07, 6.45) is 0.974. The third-order valence-electron chi connectivity index (χ3n) is 3.65. The number of hydrogen-bond acceptors (Lipinski definition) is 2. The quantitative estimate of drug-likeness (QED) is 0.733. The Labute approximate surface area is 128 Å². The monoisotopic (exact) mass is 301 g/mol. The molecule has 2 aromatic carbocycles. The van der Waals surface area contributed by atoms with Crippen LogP contribution in [0.15, 0.2) is 53.9 Å². The zero-order valence-electron chi connectivity index (χ0n) is 11.1. The third kappa shape index (κ3) is 2.73. The minimum Gasteiger partial charge on any atom is -0.330 e. The Bertz CT molecular complexity index is 702. The number of rotatable bonds is 4. The molecule has 1 heterocycles. The van der Waals surface area contributed by atoms with Gasteiger partial charge in [0.1, 0.15) is 0 Å². The topological polar surface area (TPSA) is 26.0 Å². The predicted octanol–water partition coefficient (Wildman–Crippen LogP) is 4.84. The van der Waals surface area contributed by atoms with Crippen LogP contribution >= 0.6 is 22.9 Å². The Morgan fingerprint density at radius 2 is 1.80 bits per heavy atom. The first-order valence-corrected chi connectivity index (χ1v) is 7.94. The lowest BCUT2D eigenvalue weighted by Gasteiger charge is -2.15. The molecule has 0 fully saturated rings. The van der Waals surface area contributed by atoms with Crippen molar-refractivity contribution in [2.75, 3.05) is 6.54 Å². The van der Waals surface area contributed by atoms with Crippen molar-refractivity contribution in [1.82, 2.24) is 0 Å². The molecule has 1 aromatic heterocycles. The minimum absolute atomic E-state index is 0.338. The van der Waals surface area contributed by atoms with Gasteiger partial charge in [0.15, 0.2) is 0 Å². The van der Waals surface area contributed by atoms with Crippen LogP contribution in [0.2, 0.25) is 5.02 Å². The summed E-state index contributed by atoms with van der Waals surface area (Å²) in [5.41, 5.74) is 8.62. The van der Waals surface area contributed by atoms with E-state index in [1.807, 2.05) is 12.1 Å². The van der Waals surface area contributed by atoms with Gasteiger partial charge in [0, 0.05) is 15.6 Å². The van der Waals surface area contributed by atoms with Gasteiger partial charge >= 0.3 is 0 Å². The molecule has 1 unspecified atom stereocenters. The molecular weight excluding hydrogens is 286 g/mol. The number of fused-ring (bicyclic) bond motifs is 1. The SMILES string of the molecule is NCC(Cc1csc2ccccc12)c1ccc(Cl)cc1. The Hall–Kier alpha value is -1.35. The maximum atomic E-state index is 5.97. The van der Waals surface area contributed by atoms with Crippen LogP contribution in [0.5, 0.6) is 0 Å². The standard InChI is InChI=1S/C17H16ClNS/c18-15-7-5-12(6-8-15)13(10-19)9-14-11-20-17-4-2-1-3-16(14)17/h1-8,11,13H,9-10,19H2. The molecule has 1 nitrogen and oxygen atoms in total. The van der Waals surface area contributed by atoms with Crippen molar-refractivity contribution >= 4 is 33.0 Å². The normalized spacial score (nSPS) is 12.7. The number of halogens is 1. The van der Waals surface area contributed by atoms with Crippen LogP contribution in [-0.2, 0) is 6.42 Å². The van der Waals surface area contributed by atoms with Crippen LogP contribution in [0, 0.1) is 0 Å². The zero-order chi connectivity index (χ0) is 13.9. The van der Waals surface area contributed by atoms with E-state index in [4.69, 9.17) is 17.3 Å². The van der Waals surface area contributed by atoms with Gasteiger partial charge in [-0.25, -0.2) is 0 Å².